The smallest absolute Gasteiger partial charge is 0.409 e. The highest BCUT2D eigenvalue weighted by Crippen LogP contribution is 2.34. The fraction of sp³-hybridized carbons (Fsp3) is 0.773. The number of methoxy groups -OCH3 is 1. The first-order valence-electron chi connectivity index (χ1n) is 10.9. The molecule has 1 saturated carbocycles. The third-order valence-electron chi connectivity index (χ3n) is 6.04. The minimum absolute atomic E-state index is 0.153. The number of rotatable bonds is 10. The zero-order valence-electron chi connectivity index (χ0n) is 18.4. The van der Waals surface area contributed by atoms with E-state index in [-0.39, 0.29) is 12.3 Å². The number of nitrogens with one attached hydrogen (secondary N) is 3. The lowest BCUT2D eigenvalue weighted by Crippen LogP contribution is -2.48. The second kappa shape index (κ2) is 11.3. The van der Waals surface area contributed by atoms with Crippen LogP contribution in [0.15, 0.2) is 23.0 Å². The van der Waals surface area contributed by atoms with Crippen molar-refractivity contribution < 1.29 is 9.53 Å². The van der Waals surface area contributed by atoms with E-state index in [1.807, 2.05) is 7.05 Å². The maximum absolute atomic E-state index is 12.0. The van der Waals surface area contributed by atoms with Crippen LogP contribution in [0.1, 0.15) is 59.3 Å². The predicted molar refractivity (Wildman–Crippen MR) is 115 cm³/mol. The monoisotopic (exact) mass is 392 g/mol. The summed E-state index contributed by atoms with van der Waals surface area (Å²) in [6.07, 6.45) is 9.34. The van der Waals surface area contributed by atoms with E-state index in [1.165, 1.54) is 37.6 Å². The molecule has 0 radical (unpaired) electrons. The number of hydrogen-bond acceptors (Lipinski definition) is 5. The van der Waals surface area contributed by atoms with Crippen LogP contribution >= 0.6 is 0 Å². The summed E-state index contributed by atoms with van der Waals surface area (Å²) in [5.74, 6) is 1.53. The van der Waals surface area contributed by atoms with E-state index in [9.17, 15) is 4.79 Å². The van der Waals surface area contributed by atoms with Crippen molar-refractivity contribution in [2.24, 2.45) is 11.8 Å². The molecule has 0 spiro atoms. The van der Waals surface area contributed by atoms with Crippen LogP contribution in [0.4, 0.5) is 4.79 Å². The van der Waals surface area contributed by atoms with Crippen LogP contribution in [0.5, 0.6) is 0 Å². The van der Waals surface area contributed by atoms with E-state index in [0.29, 0.717) is 19.0 Å². The molecule has 0 aromatic rings. The molecule has 1 heterocycles. The van der Waals surface area contributed by atoms with Gasteiger partial charge in [0.15, 0.2) is 0 Å². The number of carbonyl (C=O) groups is 1. The maximum atomic E-state index is 12.0. The highest BCUT2D eigenvalue weighted by Gasteiger charge is 2.25. The fourth-order valence-electron chi connectivity index (χ4n) is 4.10. The first-order valence-corrected chi connectivity index (χ1v) is 10.9. The Morgan fingerprint density at radius 3 is 2.68 bits per heavy atom. The van der Waals surface area contributed by atoms with E-state index in [0.717, 1.165) is 37.4 Å². The molecule has 1 aliphatic carbocycles. The summed E-state index contributed by atoms with van der Waals surface area (Å²) < 4.78 is 4.92. The summed E-state index contributed by atoms with van der Waals surface area (Å²) in [7, 11) is 3.39. The van der Waals surface area contributed by atoms with Gasteiger partial charge in [-0.15, -0.1) is 0 Å². The summed E-state index contributed by atoms with van der Waals surface area (Å²) in [5, 5.41) is 10.6. The van der Waals surface area contributed by atoms with Crippen LogP contribution in [0.3, 0.4) is 0 Å². The Kier molecular flexibility index (Phi) is 9.16. The maximum Gasteiger partial charge on any atom is 0.409 e. The summed E-state index contributed by atoms with van der Waals surface area (Å²) >= 11 is 0. The van der Waals surface area contributed by atoms with Crippen molar-refractivity contribution in [3.8, 4) is 0 Å². The Morgan fingerprint density at radius 1 is 1.36 bits per heavy atom. The third-order valence-corrected chi connectivity index (χ3v) is 6.04. The van der Waals surface area contributed by atoms with Gasteiger partial charge in [0.2, 0.25) is 0 Å². The van der Waals surface area contributed by atoms with Gasteiger partial charge < -0.3 is 20.3 Å². The van der Waals surface area contributed by atoms with E-state index in [4.69, 9.17) is 4.74 Å². The molecule has 6 heteroatoms. The highest BCUT2D eigenvalue weighted by molar-refractivity contribution is 5.68. The molecule has 2 aliphatic rings. The van der Waals surface area contributed by atoms with Crippen molar-refractivity contribution in [1.82, 2.24) is 20.9 Å². The van der Waals surface area contributed by atoms with Crippen molar-refractivity contribution in [1.29, 1.82) is 0 Å². The second-order valence-corrected chi connectivity index (χ2v) is 8.27. The molecular weight excluding hydrogens is 352 g/mol. The van der Waals surface area contributed by atoms with Gasteiger partial charge in [-0.05, 0) is 44.6 Å². The van der Waals surface area contributed by atoms with Crippen molar-refractivity contribution >= 4 is 6.09 Å². The number of carbonyl (C=O) groups excluding carboxylic acids is 1. The van der Waals surface area contributed by atoms with Gasteiger partial charge in [0.05, 0.1) is 25.5 Å². The summed E-state index contributed by atoms with van der Waals surface area (Å²) in [4.78, 5) is 13.7. The van der Waals surface area contributed by atoms with E-state index in [2.05, 4.69) is 42.8 Å². The molecule has 1 aliphatic heterocycles. The van der Waals surface area contributed by atoms with Gasteiger partial charge in [-0.2, -0.15) is 0 Å². The zero-order valence-corrected chi connectivity index (χ0v) is 18.4. The van der Waals surface area contributed by atoms with Crippen molar-refractivity contribution in [3.63, 3.8) is 0 Å². The van der Waals surface area contributed by atoms with E-state index >= 15 is 0 Å². The fourth-order valence-corrected chi connectivity index (χ4v) is 4.10. The number of amides is 1. The molecule has 1 fully saturated rings. The molecule has 0 aromatic heterocycles. The largest absolute Gasteiger partial charge is 0.453 e. The average Bonchev–Trinajstić information content (AvgIpc) is 2.63. The minimum atomic E-state index is -0.266. The molecule has 6 nitrogen and oxygen atoms in total. The topological polar surface area (TPSA) is 65.6 Å². The Labute approximate surface area is 171 Å². The second-order valence-electron chi connectivity index (χ2n) is 8.27. The number of ether oxygens (including phenoxy) is 1. The van der Waals surface area contributed by atoms with Crippen LogP contribution in [0, 0.1) is 11.8 Å². The number of nitrogens with zero attached hydrogens (tertiary/aromatic N) is 1. The summed E-state index contributed by atoms with van der Waals surface area (Å²) in [6.45, 7) is 8.97. The van der Waals surface area contributed by atoms with Crippen LogP contribution < -0.4 is 16.0 Å². The summed E-state index contributed by atoms with van der Waals surface area (Å²) in [5.41, 5.74) is 3.67. The van der Waals surface area contributed by atoms with Crippen LogP contribution in [0.2, 0.25) is 0 Å². The van der Waals surface area contributed by atoms with Crippen LogP contribution in [-0.2, 0) is 4.74 Å². The van der Waals surface area contributed by atoms with Gasteiger partial charge in [-0.25, -0.2) is 4.79 Å². The lowest BCUT2D eigenvalue weighted by atomic mass is 9.76. The van der Waals surface area contributed by atoms with Gasteiger partial charge in [-0.3, -0.25) is 5.32 Å². The predicted octanol–water partition coefficient (Wildman–Crippen LogP) is 3.58. The lowest BCUT2D eigenvalue weighted by Gasteiger charge is -2.33. The molecule has 0 bridgehead atoms. The highest BCUT2D eigenvalue weighted by atomic mass is 16.5. The van der Waals surface area contributed by atoms with Gasteiger partial charge in [0.25, 0.3) is 0 Å². The van der Waals surface area contributed by atoms with Gasteiger partial charge in [-0.1, -0.05) is 31.9 Å². The first-order chi connectivity index (χ1) is 13.5. The molecular formula is C22H40N4O2. The zero-order chi connectivity index (χ0) is 20.5. The molecule has 160 valence electrons. The third kappa shape index (κ3) is 6.43. The molecule has 2 rings (SSSR count). The molecule has 2 atom stereocenters. The number of hydrogen-bond donors (Lipinski definition) is 3. The lowest BCUT2D eigenvalue weighted by molar-refractivity contribution is 0.123. The Hall–Kier alpha value is -1.69. The Morgan fingerprint density at radius 2 is 2.11 bits per heavy atom. The van der Waals surface area contributed by atoms with Gasteiger partial charge >= 0.3 is 6.09 Å². The molecule has 28 heavy (non-hydrogen) atoms. The number of allylic oxidation sites excluding steroid dienone is 1. The van der Waals surface area contributed by atoms with E-state index < -0.39 is 0 Å². The van der Waals surface area contributed by atoms with Crippen LogP contribution in [-0.4, -0.2) is 51.0 Å². The first kappa shape index (κ1) is 22.6. The average molecular weight is 393 g/mol. The van der Waals surface area contributed by atoms with Crippen LogP contribution in [0.25, 0.3) is 0 Å². The normalized spacial score (nSPS) is 20.5. The van der Waals surface area contributed by atoms with Crippen molar-refractivity contribution in [2.75, 3.05) is 33.8 Å². The molecule has 2 unspecified atom stereocenters. The molecule has 1 amide bonds. The van der Waals surface area contributed by atoms with Gasteiger partial charge in [0, 0.05) is 32.1 Å². The molecule has 0 saturated heterocycles. The Bertz CT molecular complexity index is 569. The standard InChI is InChI=1S/C22H40N4O2/c1-6-11-24-21(14-16(2)13-17(3)18-8-7-9-18)25-20-15-26(22(27)28-5)12-10-19(20)23-4/h13,17-18,21,23-25H,6-12,14-15H2,1-5H3/b16-13-. The van der Waals surface area contributed by atoms with E-state index in [1.54, 1.807) is 4.90 Å². The quantitative estimate of drug-likeness (QED) is 0.392. The van der Waals surface area contributed by atoms with Crippen molar-refractivity contribution in [3.05, 3.63) is 23.0 Å². The van der Waals surface area contributed by atoms with Gasteiger partial charge in [0.1, 0.15) is 0 Å². The minimum Gasteiger partial charge on any atom is -0.453 e. The molecule has 3 N–H and O–H groups in total. The SMILES string of the molecule is CCCNC(C/C(C)=C\C(C)C1CCC1)NC1=C(NC)CCN(C(=O)OC)C1. The van der Waals surface area contributed by atoms with Crippen molar-refractivity contribution in [2.45, 2.75) is 65.5 Å². The Balaban J connectivity index is 2.04. The molecule has 0 aromatic carbocycles. The summed E-state index contributed by atoms with van der Waals surface area (Å²) in [6, 6.07) is 0.